The monoisotopic (exact) mass is 1870 g/mol. The molecule has 750 valence electrons. The van der Waals surface area contributed by atoms with Crippen LogP contribution in [0.5, 0.6) is 0 Å². The summed E-state index contributed by atoms with van der Waals surface area (Å²) >= 11 is 0. The number of aliphatic carboxylic acids is 6. The van der Waals surface area contributed by atoms with E-state index in [1.807, 2.05) is 56.4 Å². The van der Waals surface area contributed by atoms with Crippen LogP contribution in [0.4, 0.5) is 0 Å². The molecule has 0 aliphatic carbocycles. The number of nitrogens with zero attached hydrogens (tertiary/aromatic N) is 7. The summed E-state index contributed by atoms with van der Waals surface area (Å²) in [6.07, 6.45) is 30.2. The van der Waals surface area contributed by atoms with Crippen LogP contribution in [-0.4, -0.2) is 407 Å². The standard InChI is InChI=1S/C15H33NO4S.C13H27NO3.C12H27NO4S.C10H21NO3.C8H19NO4S.C7H15NO3.C6H13NO3.C6H12O4.C5H10O4/c1-4-5-6-7-8-9-11-14-20-16(2,3)13-10-12-15-21(17,18)19;1-4-5-6-7-8-9-10-11-17-14(2,3)12-13(15)16;1-4-5-6-8-11-17-13(2,3)10-7-9-12-18(14,15)16;1-4-5-6-7-8-14-11(2,3)9-10(12)13;1-9(2,6-7-10)5-3-4-8-14(11,12)13;1-8(2,5-6-9)4-3-7(10)11;1-7(2,3-4-8)5-6(9)10;1-2-6(3-7,4-8)5(9)10;1-5(2-6,3-7)4(8)9/h4-15H2,1-3H3;4-12H2,1-3H3;4-12H2,1-3H3;4-9H2,1-3H3;10H,3-8H2,1-2H3;9H,3-6H2,1-2H3;8H,3-5H2,1-2H3;7-8H,2-4H2,1H3,(H,9,10);6-7H,2-3H2,1H3,(H,8,9). The lowest BCUT2D eigenvalue weighted by atomic mass is 9.87. The molecule has 0 aliphatic rings. The second kappa shape index (κ2) is 79.8. The maximum Gasteiger partial charge on any atom is 0.314 e. The molecule has 0 saturated carbocycles. The highest BCUT2D eigenvalue weighted by Crippen LogP contribution is 2.20. The number of unbranched alkanes of at least 4 members (excludes halogenated alkanes) is 21. The smallest absolute Gasteiger partial charge is 0.314 e. The number of aliphatic hydroxyl groups is 7. The summed E-state index contributed by atoms with van der Waals surface area (Å²) in [7, 11) is 13.7. The number of carboxylic acid groups (broad SMARTS) is 6. The van der Waals surface area contributed by atoms with E-state index in [1.54, 1.807) is 49.2 Å². The largest absolute Gasteiger partial charge is 0.748 e. The van der Waals surface area contributed by atoms with Crippen molar-refractivity contribution in [2.24, 2.45) is 10.8 Å². The van der Waals surface area contributed by atoms with Gasteiger partial charge >= 0.3 is 11.9 Å². The number of hydrogen-bond acceptors (Lipinski definition) is 30. The summed E-state index contributed by atoms with van der Waals surface area (Å²) in [5.74, 6) is -7.45. The van der Waals surface area contributed by atoms with Crippen molar-refractivity contribution in [3.8, 4) is 0 Å². The van der Waals surface area contributed by atoms with E-state index in [1.165, 1.54) is 110 Å². The Balaban J connectivity index is -0.000000174. The van der Waals surface area contributed by atoms with E-state index in [4.69, 9.17) is 65.3 Å². The van der Waals surface area contributed by atoms with Crippen LogP contribution in [0.15, 0.2) is 0 Å². The van der Waals surface area contributed by atoms with Crippen molar-refractivity contribution in [1.29, 1.82) is 0 Å². The minimum absolute atomic E-state index is 0.000278. The van der Waals surface area contributed by atoms with Crippen LogP contribution in [0.3, 0.4) is 0 Å². The zero-order valence-electron chi connectivity index (χ0n) is 80.0. The van der Waals surface area contributed by atoms with E-state index >= 15 is 0 Å². The molecular weight excluding hydrogens is 1690 g/mol. The van der Waals surface area contributed by atoms with Crippen LogP contribution >= 0.6 is 0 Å². The van der Waals surface area contributed by atoms with E-state index in [0.717, 1.165) is 71.4 Å². The highest BCUT2D eigenvalue weighted by atomic mass is 32.2. The molecule has 0 aromatic heterocycles. The van der Waals surface area contributed by atoms with Gasteiger partial charge in [0.15, 0.2) is 0 Å². The topological polar surface area (TPSA) is 585 Å². The Morgan fingerprint density at radius 2 is 0.548 bits per heavy atom. The second-order valence-corrected chi connectivity index (χ2v) is 39.7. The fourth-order valence-corrected chi connectivity index (χ4v) is 11.9. The third-order valence-electron chi connectivity index (χ3n) is 18.9. The van der Waals surface area contributed by atoms with Gasteiger partial charge in [-0.1, -0.05) is 150 Å². The van der Waals surface area contributed by atoms with Gasteiger partial charge in [0, 0.05) is 42.5 Å². The van der Waals surface area contributed by atoms with Gasteiger partial charge in [-0.2, -0.15) is 18.6 Å². The highest BCUT2D eigenvalue weighted by molar-refractivity contribution is 7.86. The molecule has 42 heteroatoms. The van der Waals surface area contributed by atoms with Gasteiger partial charge in [0.2, 0.25) is 0 Å². The van der Waals surface area contributed by atoms with Gasteiger partial charge in [-0.25, -0.2) is 44.6 Å². The Bertz CT molecular complexity index is 2940. The first-order chi connectivity index (χ1) is 56.9. The fraction of sp³-hybridized carbons (Fsp3) is 0.927. The summed E-state index contributed by atoms with van der Waals surface area (Å²) in [4.78, 5) is 83.9. The average Bonchev–Trinajstić information content (AvgIpc) is 0.867. The van der Waals surface area contributed by atoms with Crippen molar-refractivity contribution < 1.29 is 185 Å². The van der Waals surface area contributed by atoms with Crippen LogP contribution in [-0.2, 0) is 78.5 Å². The number of carbonyl (C=O) groups is 6. The van der Waals surface area contributed by atoms with Crippen LogP contribution in [0, 0.1) is 10.8 Å². The molecule has 0 bridgehead atoms. The minimum atomic E-state index is -4.07. The summed E-state index contributed by atoms with van der Waals surface area (Å²) in [5, 5.41) is 118. The maximum atomic E-state index is 10.5. The molecule has 39 nitrogen and oxygen atoms in total. The van der Waals surface area contributed by atoms with Gasteiger partial charge in [0.1, 0.15) is 89.6 Å². The third kappa shape index (κ3) is 110. The second-order valence-electron chi connectivity index (χ2n) is 35.1. The molecule has 0 rings (SSSR count). The molecule has 9 N–H and O–H groups in total. The number of quaternary nitrogens is 7. The molecule has 0 saturated heterocycles. The van der Waals surface area contributed by atoms with Crippen molar-refractivity contribution >= 4 is 66.2 Å². The Morgan fingerprint density at radius 3 is 0.758 bits per heavy atom. The molecule has 0 atom stereocenters. The normalized spacial score (nSPS) is 12.1. The van der Waals surface area contributed by atoms with Crippen LogP contribution in [0.1, 0.15) is 234 Å². The first kappa shape index (κ1) is 138. The number of hydrogen-bond donors (Lipinski definition) is 9. The molecule has 0 radical (unpaired) electrons. The molecule has 0 amide bonds. The van der Waals surface area contributed by atoms with E-state index in [9.17, 15) is 88.1 Å². The first-order valence-corrected chi connectivity index (χ1v) is 48.3. The maximum absolute atomic E-state index is 10.5. The van der Waals surface area contributed by atoms with E-state index < -0.39 is 103 Å². The van der Waals surface area contributed by atoms with Crippen LogP contribution < -0.4 is 20.4 Å². The predicted octanol–water partition coefficient (Wildman–Crippen LogP) is 0.684. The number of carboxylic acids is 6. The summed E-state index contributed by atoms with van der Waals surface area (Å²) in [5.41, 5.74) is -2.74. The molecule has 0 heterocycles. The zero-order chi connectivity index (χ0) is 98.5. The highest BCUT2D eigenvalue weighted by Gasteiger charge is 2.35. The Labute approximate surface area is 747 Å². The lowest BCUT2D eigenvalue weighted by molar-refractivity contribution is -1.08. The minimum Gasteiger partial charge on any atom is -0.748 e. The molecule has 0 unspecified atom stereocenters. The Hall–Kier alpha value is -4.17. The molecular formula is C82H177N7O32S3. The van der Waals surface area contributed by atoms with E-state index in [0.29, 0.717) is 96.2 Å². The quantitative estimate of drug-likeness (QED) is 0.0175. The molecule has 0 aromatic rings. The van der Waals surface area contributed by atoms with Crippen LogP contribution in [0.25, 0.3) is 0 Å². The first-order valence-electron chi connectivity index (χ1n) is 43.6. The molecule has 0 aliphatic heterocycles. The SMILES string of the molecule is CC(CO)(CO)C(=O)O.CCC(CO)(CO)C(=O)O.CCCCCCCCCO[N+](C)(C)CC(=O)[O-].CCCCCCCCCO[N+](C)(C)CCCCS(=O)(=O)[O-].CCCCCCO[N+](C)(C)CC(=O)[O-].CCCCCCO[N+](C)(C)CCCCS(=O)(=O)[O-].C[N+](C)(CCO)CC(=O)[O-].C[N+](C)(CCO)CCC(=O)[O-].C[N+](C)(CCO)CCCCS(=O)(=O)[O-]. The van der Waals surface area contributed by atoms with Gasteiger partial charge in [-0.3, -0.25) is 9.59 Å². The number of hydroxylamine groups is 12. The predicted molar refractivity (Wildman–Crippen MR) is 463 cm³/mol. The molecule has 0 fully saturated rings. The Morgan fingerprint density at radius 1 is 0.298 bits per heavy atom. The van der Waals surface area contributed by atoms with Gasteiger partial charge < -0.3 is 113 Å². The zero-order valence-corrected chi connectivity index (χ0v) is 82.4. The van der Waals surface area contributed by atoms with E-state index in [-0.39, 0.29) is 83.3 Å². The van der Waals surface area contributed by atoms with Gasteiger partial charge in [0.25, 0.3) is 0 Å². The number of aliphatic hydroxyl groups excluding tert-OH is 7. The number of likely N-dealkylation sites (N-methyl/N-ethyl adjacent to an activating group) is 5. The summed E-state index contributed by atoms with van der Waals surface area (Å²) in [6.45, 7) is 16.5. The summed E-state index contributed by atoms with van der Waals surface area (Å²) < 4.78 is 96.0. The third-order valence-corrected chi connectivity index (χ3v) is 21.3. The number of rotatable bonds is 67. The lowest BCUT2D eigenvalue weighted by Crippen LogP contribution is -2.49. The van der Waals surface area contributed by atoms with Gasteiger partial charge in [0.05, 0.1) is 206 Å². The van der Waals surface area contributed by atoms with Crippen molar-refractivity contribution in [2.75, 3.05) is 254 Å². The van der Waals surface area contributed by atoms with Crippen molar-refractivity contribution in [3.05, 3.63) is 0 Å². The van der Waals surface area contributed by atoms with Gasteiger partial charge in [-0.05, 0) is 64.7 Å². The average molecular weight is 1870 g/mol. The van der Waals surface area contributed by atoms with Gasteiger partial charge in [-0.15, -0.1) is 0 Å². The fourth-order valence-electron chi connectivity index (χ4n) is 10.2. The van der Waals surface area contributed by atoms with Crippen molar-refractivity contribution in [3.63, 3.8) is 0 Å². The number of carbonyl (C=O) groups excluding carboxylic acids is 4. The van der Waals surface area contributed by atoms with Crippen LogP contribution in [0.2, 0.25) is 0 Å². The summed E-state index contributed by atoms with van der Waals surface area (Å²) in [6, 6.07) is 0. The lowest BCUT2D eigenvalue weighted by Gasteiger charge is -2.28. The molecule has 124 heavy (non-hydrogen) atoms. The van der Waals surface area contributed by atoms with E-state index in [2.05, 4.69) is 27.7 Å². The Kier molecular flexibility index (Phi) is 88.6. The molecule has 0 spiro atoms. The molecule has 0 aromatic carbocycles. The van der Waals surface area contributed by atoms with Crippen molar-refractivity contribution in [1.82, 2.24) is 0 Å². The van der Waals surface area contributed by atoms with Crippen molar-refractivity contribution in [2.45, 2.75) is 234 Å².